The summed E-state index contributed by atoms with van der Waals surface area (Å²) in [4.78, 5) is 25.1. The molecule has 1 aliphatic heterocycles. The number of rotatable bonds is 1. The number of esters is 1. The van der Waals surface area contributed by atoms with Crippen molar-refractivity contribution in [1.29, 1.82) is 0 Å². The van der Waals surface area contributed by atoms with Crippen LogP contribution in [0, 0.1) is 17.3 Å². The number of carbonyl (C=O) groups excluding carboxylic acids is 2. The van der Waals surface area contributed by atoms with Crippen molar-refractivity contribution in [2.75, 3.05) is 7.11 Å². The van der Waals surface area contributed by atoms with E-state index in [0.29, 0.717) is 23.5 Å². The third-order valence-corrected chi connectivity index (χ3v) is 5.94. The van der Waals surface area contributed by atoms with E-state index in [1.807, 2.05) is 0 Å². The molecule has 3 aliphatic rings. The van der Waals surface area contributed by atoms with Gasteiger partial charge in [0, 0.05) is 24.5 Å². The molecule has 0 bridgehead atoms. The summed E-state index contributed by atoms with van der Waals surface area (Å²) in [5.74, 6) is -0.920. The first-order valence-electron chi connectivity index (χ1n) is 7.41. The highest BCUT2D eigenvalue weighted by atomic mass is 16.7. The first kappa shape index (κ1) is 13.8. The maximum absolute atomic E-state index is 13.1. The first-order chi connectivity index (χ1) is 9.36. The smallest absolute Gasteiger partial charge is 0.337 e. The highest BCUT2D eigenvalue weighted by Gasteiger charge is 2.63. The van der Waals surface area contributed by atoms with Crippen molar-refractivity contribution in [3.05, 3.63) is 11.1 Å². The minimum Gasteiger partial charge on any atom is -0.425 e. The van der Waals surface area contributed by atoms with Crippen molar-refractivity contribution in [1.82, 2.24) is 0 Å². The molecule has 110 valence electrons. The summed E-state index contributed by atoms with van der Waals surface area (Å²) in [6.45, 7) is 5.89. The summed E-state index contributed by atoms with van der Waals surface area (Å²) in [7, 11) is 1.52. The van der Waals surface area contributed by atoms with Gasteiger partial charge in [-0.05, 0) is 31.6 Å². The number of hydrogen-bond acceptors (Lipinski definition) is 4. The lowest BCUT2D eigenvalue weighted by Crippen LogP contribution is -2.56. The lowest BCUT2D eigenvalue weighted by Gasteiger charge is -2.52. The zero-order valence-corrected chi connectivity index (χ0v) is 12.6. The molecule has 2 fully saturated rings. The molecule has 0 N–H and O–H groups in total. The summed E-state index contributed by atoms with van der Waals surface area (Å²) in [5.41, 5.74) is 0.511. The Hall–Kier alpha value is -1.16. The van der Waals surface area contributed by atoms with Gasteiger partial charge < -0.3 is 9.47 Å². The van der Waals surface area contributed by atoms with Gasteiger partial charge in [0.15, 0.2) is 5.78 Å². The van der Waals surface area contributed by atoms with Crippen LogP contribution in [0.5, 0.6) is 0 Å². The van der Waals surface area contributed by atoms with Crippen molar-refractivity contribution in [2.45, 2.75) is 52.2 Å². The number of hydrogen-bond donors (Lipinski definition) is 0. The zero-order chi connectivity index (χ0) is 14.7. The van der Waals surface area contributed by atoms with Gasteiger partial charge in [-0.1, -0.05) is 20.3 Å². The maximum atomic E-state index is 13.1. The number of methoxy groups -OCH3 is 1. The van der Waals surface area contributed by atoms with Crippen LogP contribution in [-0.2, 0) is 19.1 Å². The molecule has 0 saturated heterocycles. The predicted molar refractivity (Wildman–Crippen MR) is 72.8 cm³/mol. The molecule has 3 rings (SSSR count). The Kier molecular flexibility index (Phi) is 2.88. The minimum atomic E-state index is -1.13. The molecule has 2 saturated carbocycles. The van der Waals surface area contributed by atoms with Gasteiger partial charge in [-0.15, -0.1) is 0 Å². The quantitative estimate of drug-likeness (QED) is 0.692. The number of ether oxygens (including phenoxy) is 2. The normalized spacial score (nSPS) is 44.2. The van der Waals surface area contributed by atoms with Crippen LogP contribution < -0.4 is 0 Å². The minimum absolute atomic E-state index is 0.0613. The van der Waals surface area contributed by atoms with Crippen LogP contribution in [0.4, 0.5) is 0 Å². The van der Waals surface area contributed by atoms with Gasteiger partial charge in [0.25, 0.3) is 0 Å². The Balaban J connectivity index is 2.15. The van der Waals surface area contributed by atoms with E-state index in [1.165, 1.54) is 7.11 Å². The SMILES string of the molecule is CO[C@@]12C[C@H]3CCC[C@H](C)[C@@]3(C)C(=O)C1=C(C)C(=O)O2. The highest BCUT2D eigenvalue weighted by molar-refractivity contribution is 6.11. The Morgan fingerprint density at radius 1 is 1.30 bits per heavy atom. The van der Waals surface area contributed by atoms with E-state index in [2.05, 4.69) is 13.8 Å². The summed E-state index contributed by atoms with van der Waals surface area (Å²) < 4.78 is 11.0. The van der Waals surface area contributed by atoms with Crippen molar-refractivity contribution in [3.8, 4) is 0 Å². The van der Waals surface area contributed by atoms with Crippen LogP contribution in [0.3, 0.4) is 0 Å². The fourth-order valence-corrected chi connectivity index (χ4v) is 4.37. The summed E-state index contributed by atoms with van der Waals surface area (Å²) >= 11 is 0. The third-order valence-electron chi connectivity index (χ3n) is 5.94. The molecule has 0 aromatic rings. The van der Waals surface area contributed by atoms with Crippen LogP contribution in [0.1, 0.15) is 46.5 Å². The van der Waals surface area contributed by atoms with E-state index in [9.17, 15) is 9.59 Å². The fourth-order valence-electron chi connectivity index (χ4n) is 4.37. The van der Waals surface area contributed by atoms with E-state index in [-0.39, 0.29) is 17.1 Å². The summed E-state index contributed by atoms with van der Waals surface area (Å²) in [5, 5.41) is 0. The van der Waals surface area contributed by atoms with Crippen LogP contribution in [-0.4, -0.2) is 24.6 Å². The molecule has 0 aromatic heterocycles. The average Bonchev–Trinajstić information content (AvgIpc) is 2.66. The van der Waals surface area contributed by atoms with Crippen molar-refractivity contribution < 1.29 is 19.1 Å². The number of fused-ring (bicyclic) bond motifs is 2. The third kappa shape index (κ3) is 1.46. The van der Waals surface area contributed by atoms with Crippen molar-refractivity contribution >= 4 is 11.8 Å². The molecule has 0 amide bonds. The molecule has 2 aliphatic carbocycles. The molecule has 4 heteroatoms. The van der Waals surface area contributed by atoms with Gasteiger partial charge >= 0.3 is 5.97 Å². The second-order valence-electron chi connectivity index (χ2n) is 6.69. The van der Waals surface area contributed by atoms with Gasteiger partial charge in [-0.3, -0.25) is 4.79 Å². The fraction of sp³-hybridized carbons (Fsp3) is 0.750. The van der Waals surface area contributed by atoms with E-state index < -0.39 is 11.8 Å². The van der Waals surface area contributed by atoms with Crippen molar-refractivity contribution in [3.63, 3.8) is 0 Å². The largest absolute Gasteiger partial charge is 0.425 e. The number of Topliss-reactive ketones (excluding diaryl/α,β-unsaturated/α-hetero) is 1. The number of carbonyl (C=O) groups is 2. The Labute approximate surface area is 119 Å². The average molecular weight is 278 g/mol. The molecule has 1 heterocycles. The molecular weight excluding hydrogens is 256 g/mol. The zero-order valence-electron chi connectivity index (χ0n) is 12.6. The van der Waals surface area contributed by atoms with Gasteiger partial charge in [-0.2, -0.15) is 0 Å². The lowest BCUT2D eigenvalue weighted by molar-refractivity contribution is -0.214. The monoisotopic (exact) mass is 278 g/mol. The van der Waals surface area contributed by atoms with Crippen molar-refractivity contribution in [2.24, 2.45) is 17.3 Å². The molecular formula is C16H22O4. The second-order valence-corrected chi connectivity index (χ2v) is 6.69. The van der Waals surface area contributed by atoms with Crippen LogP contribution >= 0.6 is 0 Å². The lowest BCUT2D eigenvalue weighted by atomic mass is 9.53. The standard InChI is InChI=1S/C16H22O4/c1-9-6-5-7-11-8-16(19-4)12(10(2)14(18)20-16)13(17)15(9,11)3/h9,11H,5-8H2,1-4H3/t9-,11+,15+,16+/m0/s1. The van der Waals surface area contributed by atoms with Crippen LogP contribution in [0.25, 0.3) is 0 Å². The van der Waals surface area contributed by atoms with Gasteiger partial charge in [0.1, 0.15) is 0 Å². The summed E-state index contributed by atoms with van der Waals surface area (Å²) in [6.07, 6.45) is 3.80. The van der Waals surface area contributed by atoms with E-state index >= 15 is 0 Å². The maximum Gasteiger partial charge on any atom is 0.337 e. The summed E-state index contributed by atoms with van der Waals surface area (Å²) in [6, 6.07) is 0. The van der Waals surface area contributed by atoms with Gasteiger partial charge in [0.2, 0.25) is 5.79 Å². The number of ketones is 1. The van der Waals surface area contributed by atoms with E-state index in [1.54, 1.807) is 6.92 Å². The molecule has 4 atom stereocenters. The van der Waals surface area contributed by atoms with E-state index in [4.69, 9.17) is 9.47 Å². The van der Waals surface area contributed by atoms with E-state index in [0.717, 1.165) is 19.3 Å². The molecule has 0 spiro atoms. The van der Waals surface area contributed by atoms with Crippen LogP contribution in [0.2, 0.25) is 0 Å². The molecule has 0 radical (unpaired) electrons. The highest BCUT2D eigenvalue weighted by Crippen LogP contribution is 2.58. The Bertz CT molecular complexity index is 521. The van der Waals surface area contributed by atoms with Gasteiger partial charge in [0.05, 0.1) is 5.57 Å². The molecule has 4 nitrogen and oxygen atoms in total. The topological polar surface area (TPSA) is 52.6 Å². The molecule has 20 heavy (non-hydrogen) atoms. The Morgan fingerprint density at radius 2 is 2.00 bits per heavy atom. The first-order valence-corrected chi connectivity index (χ1v) is 7.41. The van der Waals surface area contributed by atoms with Crippen LogP contribution in [0.15, 0.2) is 11.1 Å². The van der Waals surface area contributed by atoms with Gasteiger partial charge in [-0.25, -0.2) is 4.79 Å². The molecule has 0 aromatic carbocycles. The second kappa shape index (κ2) is 4.17. The molecule has 0 unspecified atom stereocenters. The Morgan fingerprint density at radius 3 is 2.65 bits per heavy atom. The predicted octanol–water partition coefficient (Wildman–Crippen LogP) is 2.62.